The van der Waals surface area contributed by atoms with Gasteiger partial charge >= 0.3 is 0 Å². The predicted octanol–water partition coefficient (Wildman–Crippen LogP) is 3.36. The average molecular weight is 438 g/mol. The number of aryl methyl sites for hydroxylation is 1. The van der Waals surface area contributed by atoms with Crippen molar-refractivity contribution in [2.45, 2.75) is 19.4 Å². The first-order valence-corrected chi connectivity index (χ1v) is 12.1. The fourth-order valence-corrected chi connectivity index (χ4v) is 5.60. The molecular weight excluding hydrogens is 414 g/mol. The summed E-state index contributed by atoms with van der Waals surface area (Å²) in [5.74, 6) is 1.96. The summed E-state index contributed by atoms with van der Waals surface area (Å²) < 4.78 is 29.8. The Bertz CT molecular complexity index is 1240. The van der Waals surface area contributed by atoms with Gasteiger partial charge in [-0.25, -0.2) is 8.42 Å². The molecule has 0 spiro atoms. The maximum atomic E-state index is 11.7. The van der Waals surface area contributed by atoms with Gasteiger partial charge in [-0.15, -0.1) is 0 Å². The van der Waals surface area contributed by atoms with Crippen molar-refractivity contribution in [1.29, 1.82) is 0 Å². The first-order chi connectivity index (χ1) is 15.0. The van der Waals surface area contributed by atoms with E-state index in [9.17, 15) is 13.6 Å². The standard InChI is InChI=1S/C23H23N3O4S/c27-25-22-4-2-17-13-18(1-3-20(17)22)21-14-19(15-26-9-11-31(28,29)12-10-26)30-23(21)16-5-7-24-8-6-16/h1,3,5-8,13-14,27H,2,4,9-12,15H2. The molecule has 0 amide bonds. The number of pyridine rings is 1. The summed E-state index contributed by atoms with van der Waals surface area (Å²) in [6, 6.07) is 12.1. The number of nitrogens with zero attached hydrogens (tertiary/aromatic N) is 3. The van der Waals surface area contributed by atoms with Crippen molar-refractivity contribution < 1.29 is 18.0 Å². The van der Waals surface area contributed by atoms with Crippen LogP contribution in [0.15, 0.2) is 58.4 Å². The Hall–Kier alpha value is -2.97. The lowest BCUT2D eigenvalue weighted by Gasteiger charge is -2.25. The van der Waals surface area contributed by atoms with E-state index >= 15 is 0 Å². The van der Waals surface area contributed by atoms with Gasteiger partial charge in [-0.3, -0.25) is 9.88 Å². The summed E-state index contributed by atoms with van der Waals surface area (Å²) in [4.78, 5) is 6.23. The second-order valence-electron chi connectivity index (χ2n) is 8.04. The second kappa shape index (κ2) is 7.94. The third-order valence-electron chi connectivity index (χ3n) is 6.02. The van der Waals surface area contributed by atoms with Crippen molar-refractivity contribution in [2.24, 2.45) is 5.16 Å². The van der Waals surface area contributed by atoms with E-state index in [0.29, 0.717) is 19.6 Å². The zero-order chi connectivity index (χ0) is 21.4. The van der Waals surface area contributed by atoms with E-state index in [2.05, 4.69) is 27.2 Å². The maximum Gasteiger partial charge on any atom is 0.152 e. The van der Waals surface area contributed by atoms with Crippen molar-refractivity contribution in [3.05, 3.63) is 65.7 Å². The number of benzene rings is 1. The van der Waals surface area contributed by atoms with Crippen molar-refractivity contribution in [3.8, 4) is 22.5 Å². The number of hydrogen-bond acceptors (Lipinski definition) is 7. The number of oxime groups is 1. The van der Waals surface area contributed by atoms with Crippen LogP contribution >= 0.6 is 0 Å². The lowest BCUT2D eigenvalue weighted by Crippen LogP contribution is -2.39. The predicted molar refractivity (Wildman–Crippen MR) is 118 cm³/mol. The third-order valence-corrected chi connectivity index (χ3v) is 7.63. The minimum atomic E-state index is -2.92. The summed E-state index contributed by atoms with van der Waals surface area (Å²) >= 11 is 0. The monoisotopic (exact) mass is 437 g/mol. The topological polar surface area (TPSA) is 96.0 Å². The third kappa shape index (κ3) is 4.00. The van der Waals surface area contributed by atoms with E-state index in [0.717, 1.165) is 57.9 Å². The molecule has 2 aromatic heterocycles. The molecule has 5 rings (SSSR count). The van der Waals surface area contributed by atoms with Gasteiger partial charge in [0, 0.05) is 42.2 Å². The van der Waals surface area contributed by atoms with Crippen LogP contribution in [-0.2, 0) is 22.8 Å². The average Bonchev–Trinajstić information content (AvgIpc) is 3.39. The fraction of sp³-hybridized carbons (Fsp3) is 0.304. The van der Waals surface area contributed by atoms with E-state index in [1.165, 1.54) is 0 Å². The van der Waals surface area contributed by atoms with Crippen molar-refractivity contribution in [1.82, 2.24) is 9.88 Å². The Morgan fingerprint density at radius 2 is 1.77 bits per heavy atom. The Labute approximate surface area is 180 Å². The van der Waals surface area contributed by atoms with Crippen molar-refractivity contribution in [2.75, 3.05) is 24.6 Å². The summed E-state index contributed by atoms with van der Waals surface area (Å²) in [6.07, 6.45) is 5.06. The van der Waals surface area contributed by atoms with Gasteiger partial charge in [0.15, 0.2) is 9.84 Å². The highest BCUT2D eigenvalue weighted by atomic mass is 32.2. The molecule has 0 unspecified atom stereocenters. The number of aromatic nitrogens is 1. The first kappa shape index (κ1) is 20.0. The van der Waals surface area contributed by atoms with Crippen molar-refractivity contribution >= 4 is 15.5 Å². The minimum absolute atomic E-state index is 0.192. The van der Waals surface area contributed by atoms with E-state index in [4.69, 9.17) is 4.42 Å². The number of furan rings is 1. The van der Waals surface area contributed by atoms with Crippen LogP contribution < -0.4 is 0 Å². The summed E-state index contributed by atoms with van der Waals surface area (Å²) in [6.45, 7) is 1.61. The Balaban J connectivity index is 1.51. The molecule has 31 heavy (non-hydrogen) atoms. The molecule has 0 atom stereocenters. The van der Waals surface area contributed by atoms with Gasteiger partial charge in [0.05, 0.1) is 23.8 Å². The van der Waals surface area contributed by atoms with Crippen LogP contribution in [0, 0.1) is 0 Å². The number of hydrogen-bond donors (Lipinski definition) is 1. The van der Waals surface area contributed by atoms with Crippen LogP contribution in [0.5, 0.6) is 0 Å². The number of sulfone groups is 1. The molecule has 3 heterocycles. The van der Waals surface area contributed by atoms with Crippen LogP contribution in [0.1, 0.15) is 23.3 Å². The van der Waals surface area contributed by atoms with Gasteiger partial charge in [0.2, 0.25) is 0 Å². The lowest BCUT2D eigenvalue weighted by molar-refractivity contribution is 0.263. The second-order valence-corrected chi connectivity index (χ2v) is 10.3. The van der Waals surface area contributed by atoms with E-state index in [1.54, 1.807) is 12.4 Å². The van der Waals surface area contributed by atoms with Gasteiger partial charge in [-0.2, -0.15) is 0 Å². The SMILES string of the molecule is O=S1(=O)CCN(Cc2cc(-c3ccc4c(c3)CCC4=NO)c(-c3ccncc3)o2)CC1. The van der Waals surface area contributed by atoms with E-state index < -0.39 is 9.84 Å². The van der Waals surface area contributed by atoms with E-state index in [-0.39, 0.29) is 11.5 Å². The molecule has 7 nitrogen and oxygen atoms in total. The summed E-state index contributed by atoms with van der Waals surface area (Å²) in [7, 11) is -2.92. The normalized spacial score (nSPS) is 19.5. The Morgan fingerprint density at radius 1 is 1.00 bits per heavy atom. The molecule has 3 aromatic rings. The zero-order valence-electron chi connectivity index (χ0n) is 17.0. The van der Waals surface area contributed by atoms with Crippen LogP contribution in [0.25, 0.3) is 22.5 Å². The van der Waals surface area contributed by atoms with Crippen LogP contribution in [-0.4, -0.2) is 53.8 Å². The Kier molecular flexibility index (Phi) is 5.11. The fourth-order valence-electron chi connectivity index (χ4n) is 4.32. The molecule has 1 saturated heterocycles. The molecule has 1 N–H and O–H groups in total. The van der Waals surface area contributed by atoms with Gasteiger partial charge in [0.1, 0.15) is 11.5 Å². The highest BCUT2D eigenvalue weighted by molar-refractivity contribution is 7.91. The number of rotatable bonds is 4. The van der Waals surface area contributed by atoms with Gasteiger partial charge < -0.3 is 9.62 Å². The molecule has 0 saturated carbocycles. The quantitative estimate of drug-likeness (QED) is 0.497. The molecule has 2 aliphatic rings. The highest BCUT2D eigenvalue weighted by Crippen LogP contribution is 2.37. The molecular formula is C23H23N3O4S. The Morgan fingerprint density at radius 3 is 2.52 bits per heavy atom. The summed E-state index contributed by atoms with van der Waals surface area (Å²) in [5, 5.41) is 12.6. The van der Waals surface area contributed by atoms with Crippen LogP contribution in [0.4, 0.5) is 0 Å². The molecule has 0 bridgehead atoms. The highest BCUT2D eigenvalue weighted by Gasteiger charge is 2.24. The molecule has 0 radical (unpaired) electrons. The van der Waals surface area contributed by atoms with Gasteiger partial charge in [-0.1, -0.05) is 23.4 Å². The molecule has 1 aromatic carbocycles. The first-order valence-electron chi connectivity index (χ1n) is 10.3. The number of fused-ring (bicyclic) bond motifs is 1. The van der Waals surface area contributed by atoms with Crippen molar-refractivity contribution in [3.63, 3.8) is 0 Å². The molecule has 8 heteroatoms. The molecule has 1 aliphatic heterocycles. The van der Waals surface area contributed by atoms with E-state index in [1.807, 2.05) is 24.3 Å². The maximum absolute atomic E-state index is 11.7. The molecule has 1 aliphatic carbocycles. The van der Waals surface area contributed by atoms with Gasteiger partial charge in [0.25, 0.3) is 0 Å². The molecule has 1 fully saturated rings. The van der Waals surface area contributed by atoms with Crippen LogP contribution in [0.3, 0.4) is 0 Å². The zero-order valence-corrected chi connectivity index (χ0v) is 17.8. The largest absolute Gasteiger partial charge is 0.459 e. The lowest BCUT2D eigenvalue weighted by atomic mass is 9.98. The van der Waals surface area contributed by atoms with Crippen LogP contribution in [0.2, 0.25) is 0 Å². The minimum Gasteiger partial charge on any atom is -0.459 e. The molecule has 160 valence electrons. The smallest absolute Gasteiger partial charge is 0.152 e. The van der Waals surface area contributed by atoms with Gasteiger partial charge in [-0.05, 0) is 42.2 Å². The summed E-state index contributed by atoms with van der Waals surface area (Å²) in [5.41, 5.74) is 5.85.